The normalized spacial score (nSPS) is 14.8. The quantitative estimate of drug-likeness (QED) is 0.479. The van der Waals surface area contributed by atoms with Gasteiger partial charge in [-0.2, -0.15) is 0 Å². The maximum Gasteiger partial charge on any atom is 0.0473 e. The van der Waals surface area contributed by atoms with E-state index < -0.39 is 0 Å². The zero-order valence-corrected chi connectivity index (χ0v) is 12.5. The van der Waals surface area contributed by atoms with Crippen molar-refractivity contribution < 1.29 is 0 Å². The van der Waals surface area contributed by atoms with Crippen LogP contribution >= 0.6 is 34.2 Å². The minimum atomic E-state index is 0.181. The Kier molecular flexibility index (Phi) is 6.03. The van der Waals surface area contributed by atoms with E-state index in [0.717, 1.165) is 17.9 Å². The minimum absolute atomic E-state index is 0.181. The van der Waals surface area contributed by atoms with Crippen molar-refractivity contribution in [3.63, 3.8) is 0 Å². The topological polar surface area (TPSA) is 38.0 Å². The van der Waals surface area contributed by atoms with Gasteiger partial charge < -0.3 is 0 Å². The van der Waals surface area contributed by atoms with Gasteiger partial charge in [0.15, 0.2) is 0 Å². The van der Waals surface area contributed by atoms with Crippen molar-refractivity contribution in [1.29, 1.82) is 0 Å². The maximum absolute atomic E-state index is 6.02. The maximum atomic E-state index is 6.02. The molecule has 2 unspecified atom stereocenters. The monoisotopic (exact) mass is 352 g/mol. The summed E-state index contributed by atoms with van der Waals surface area (Å²) in [5, 5.41) is 0.764. The van der Waals surface area contributed by atoms with E-state index >= 15 is 0 Å². The number of rotatable bonds is 5. The molecule has 16 heavy (non-hydrogen) atoms. The first kappa shape index (κ1) is 14.2. The Morgan fingerprint density at radius 3 is 2.75 bits per heavy atom. The van der Waals surface area contributed by atoms with Crippen LogP contribution in [0, 0.1) is 9.49 Å². The van der Waals surface area contributed by atoms with Crippen molar-refractivity contribution in [2.45, 2.75) is 32.7 Å². The van der Waals surface area contributed by atoms with Gasteiger partial charge in [-0.05, 0) is 58.7 Å². The van der Waals surface area contributed by atoms with Crippen LogP contribution in [0.5, 0.6) is 0 Å². The average molecular weight is 353 g/mol. The fraction of sp³-hybridized carbons (Fsp3) is 0.500. The zero-order chi connectivity index (χ0) is 12.1. The lowest BCUT2D eigenvalue weighted by molar-refractivity contribution is 0.407. The van der Waals surface area contributed by atoms with Crippen LogP contribution in [0.3, 0.4) is 0 Å². The van der Waals surface area contributed by atoms with Gasteiger partial charge in [0, 0.05) is 14.6 Å². The number of benzene rings is 1. The van der Waals surface area contributed by atoms with Gasteiger partial charge in [-0.1, -0.05) is 31.9 Å². The highest BCUT2D eigenvalue weighted by atomic mass is 127. The van der Waals surface area contributed by atoms with Crippen molar-refractivity contribution in [2.75, 3.05) is 0 Å². The van der Waals surface area contributed by atoms with Gasteiger partial charge >= 0.3 is 0 Å². The van der Waals surface area contributed by atoms with Crippen molar-refractivity contribution in [3.8, 4) is 0 Å². The Bertz CT molecular complexity index is 344. The van der Waals surface area contributed by atoms with E-state index in [1.807, 2.05) is 18.2 Å². The van der Waals surface area contributed by atoms with Gasteiger partial charge in [0.2, 0.25) is 0 Å². The molecule has 0 aliphatic heterocycles. The Hall–Kier alpha value is 0.160. The second-order valence-corrected chi connectivity index (χ2v) is 5.73. The van der Waals surface area contributed by atoms with Crippen LogP contribution in [-0.2, 0) is 0 Å². The van der Waals surface area contributed by atoms with Crippen LogP contribution in [0.4, 0.5) is 0 Å². The van der Waals surface area contributed by atoms with Crippen LogP contribution < -0.4 is 11.3 Å². The summed E-state index contributed by atoms with van der Waals surface area (Å²) >= 11 is 8.34. The van der Waals surface area contributed by atoms with E-state index in [1.165, 1.54) is 9.13 Å². The molecular weight excluding hydrogens is 335 g/mol. The van der Waals surface area contributed by atoms with Gasteiger partial charge in [-0.15, -0.1) is 0 Å². The summed E-state index contributed by atoms with van der Waals surface area (Å²) in [6, 6.07) is 6.11. The molecule has 2 atom stereocenters. The standard InChI is InChI=1S/C12H18ClIN2/c1-3-8(2)6-12(16-15)10-7-9(13)4-5-11(10)14/h4-5,7-8,12,16H,3,6,15H2,1-2H3. The molecule has 0 radical (unpaired) electrons. The Morgan fingerprint density at radius 1 is 1.50 bits per heavy atom. The summed E-state index contributed by atoms with van der Waals surface area (Å²) in [6.45, 7) is 4.43. The third kappa shape index (κ3) is 3.87. The molecule has 0 saturated carbocycles. The fourth-order valence-electron chi connectivity index (χ4n) is 1.64. The summed E-state index contributed by atoms with van der Waals surface area (Å²) in [5.41, 5.74) is 4.08. The molecule has 1 aromatic carbocycles. The number of halogens is 2. The number of nitrogens with two attached hydrogens (primary N) is 1. The van der Waals surface area contributed by atoms with E-state index in [0.29, 0.717) is 5.92 Å². The molecule has 0 fully saturated rings. The molecule has 0 saturated heterocycles. The predicted octanol–water partition coefficient (Wildman–Crippen LogP) is 3.89. The van der Waals surface area contributed by atoms with Gasteiger partial charge in [-0.3, -0.25) is 11.3 Å². The van der Waals surface area contributed by atoms with Crippen molar-refractivity contribution in [3.05, 3.63) is 32.4 Å². The van der Waals surface area contributed by atoms with Gasteiger partial charge in [0.1, 0.15) is 0 Å². The van der Waals surface area contributed by atoms with E-state index in [4.69, 9.17) is 17.4 Å². The number of hydrazine groups is 1. The van der Waals surface area contributed by atoms with Crippen molar-refractivity contribution in [1.82, 2.24) is 5.43 Å². The number of hydrogen-bond donors (Lipinski definition) is 2. The molecule has 0 aliphatic carbocycles. The fourth-order valence-corrected chi connectivity index (χ4v) is 2.53. The first-order valence-corrected chi connectivity index (χ1v) is 6.95. The third-order valence-corrected chi connectivity index (χ3v) is 4.09. The van der Waals surface area contributed by atoms with Crippen LogP contribution in [-0.4, -0.2) is 0 Å². The summed E-state index contributed by atoms with van der Waals surface area (Å²) in [5.74, 6) is 6.28. The molecule has 0 heterocycles. The third-order valence-electron chi connectivity index (χ3n) is 2.87. The molecule has 0 aromatic heterocycles. The molecule has 3 N–H and O–H groups in total. The molecule has 0 spiro atoms. The lowest BCUT2D eigenvalue weighted by atomic mass is 9.95. The smallest absolute Gasteiger partial charge is 0.0473 e. The van der Waals surface area contributed by atoms with Crippen molar-refractivity contribution >= 4 is 34.2 Å². The largest absolute Gasteiger partial charge is 0.271 e. The predicted molar refractivity (Wildman–Crippen MR) is 78.3 cm³/mol. The van der Waals surface area contributed by atoms with E-state index in [-0.39, 0.29) is 6.04 Å². The van der Waals surface area contributed by atoms with Gasteiger partial charge in [-0.25, -0.2) is 0 Å². The summed E-state index contributed by atoms with van der Waals surface area (Å²) in [7, 11) is 0. The average Bonchev–Trinajstić information content (AvgIpc) is 2.29. The molecule has 0 amide bonds. The van der Waals surface area contributed by atoms with Crippen LogP contribution in [0.1, 0.15) is 38.3 Å². The summed E-state index contributed by atoms with van der Waals surface area (Å²) < 4.78 is 1.20. The second-order valence-electron chi connectivity index (χ2n) is 4.13. The first-order valence-electron chi connectivity index (χ1n) is 5.49. The molecule has 0 bridgehead atoms. The zero-order valence-electron chi connectivity index (χ0n) is 9.63. The lowest BCUT2D eigenvalue weighted by Crippen LogP contribution is -2.29. The highest BCUT2D eigenvalue weighted by Crippen LogP contribution is 2.28. The molecule has 2 nitrogen and oxygen atoms in total. The van der Waals surface area contributed by atoms with Gasteiger partial charge in [0.25, 0.3) is 0 Å². The van der Waals surface area contributed by atoms with Crippen LogP contribution in [0.25, 0.3) is 0 Å². The van der Waals surface area contributed by atoms with Crippen LogP contribution in [0.2, 0.25) is 5.02 Å². The summed E-state index contributed by atoms with van der Waals surface area (Å²) in [6.07, 6.45) is 2.19. The molecule has 90 valence electrons. The minimum Gasteiger partial charge on any atom is -0.271 e. The number of hydrogen-bond acceptors (Lipinski definition) is 2. The Morgan fingerprint density at radius 2 is 2.19 bits per heavy atom. The molecular formula is C12H18ClIN2. The van der Waals surface area contributed by atoms with Gasteiger partial charge in [0.05, 0.1) is 0 Å². The highest BCUT2D eigenvalue weighted by Gasteiger charge is 2.15. The highest BCUT2D eigenvalue weighted by molar-refractivity contribution is 14.1. The second kappa shape index (κ2) is 6.79. The lowest BCUT2D eigenvalue weighted by Gasteiger charge is -2.21. The molecule has 1 rings (SSSR count). The van der Waals surface area contributed by atoms with E-state index in [2.05, 4.69) is 41.9 Å². The Balaban J connectivity index is 2.89. The SMILES string of the molecule is CCC(C)CC(NN)c1cc(Cl)ccc1I. The van der Waals surface area contributed by atoms with E-state index in [1.54, 1.807) is 0 Å². The van der Waals surface area contributed by atoms with E-state index in [9.17, 15) is 0 Å². The first-order chi connectivity index (χ1) is 7.58. The molecule has 0 aliphatic rings. The molecule has 4 heteroatoms. The van der Waals surface area contributed by atoms with Crippen molar-refractivity contribution in [2.24, 2.45) is 11.8 Å². The molecule has 1 aromatic rings. The Labute approximate surface area is 116 Å². The summed E-state index contributed by atoms with van der Waals surface area (Å²) in [4.78, 5) is 0. The number of nitrogens with one attached hydrogen (secondary N) is 1. The van der Waals surface area contributed by atoms with Crippen LogP contribution in [0.15, 0.2) is 18.2 Å².